The second-order valence-corrected chi connectivity index (χ2v) is 6.88. The van der Waals surface area contributed by atoms with E-state index in [1.807, 2.05) is 18.2 Å². The van der Waals surface area contributed by atoms with Crippen LogP contribution in [0.25, 0.3) is 0 Å². The van der Waals surface area contributed by atoms with Crippen LogP contribution in [0.1, 0.15) is 31.2 Å². The maximum atomic E-state index is 10.1. The highest BCUT2D eigenvalue weighted by atomic mass is 79.9. The molecule has 2 saturated heterocycles. The monoisotopic (exact) mass is 338 g/mol. The Bertz CT molecular complexity index is 460. The van der Waals surface area contributed by atoms with E-state index in [4.69, 9.17) is 0 Å². The number of benzene rings is 1. The van der Waals surface area contributed by atoms with Gasteiger partial charge in [0.05, 0.1) is 4.47 Å². The zero-order valence-corrected chi connectivity index (χ0v) is 13.5. The first kappa shape index (κ1) is 14.4. The molecule has 0 aromatic heterocycles. The van der Waals surface area contributed by atoms with Crippen LogP contribution in [0.15, 0.2) is 22.7 Å². The van der Waals surface area contributed by atoms with Gasteiger partial charge in [0.25, 0.3) is 0 Å². The average molecular weight is 339 g/mol. The average Bonchev–Trinajstić information content (AvgIpc) is 2.93. The fraction of sp³-hybridized carbons (Fsp3) is 0.625. The van der Waals surface area contributed by atoms with Crippen molar-refractivity contribution < 1.29 is 5.11 Å². The zero-order chi connectivity index (χ0) is 13.9. The Balaban J connectivity index is 1.58. The van der Waals surface area contributed by atoms with Gasteiger partial charge in [0, 0.05) is 31.2 Å². The Morgan fingerprint density at radius 3 is 2.75 bits per heavy atom. The maximum Gasteiger partial charge on any atom is 0.134 e. The maximum absolute atomic E-state index is 10.1. The van der Waals surface area contributed by atoms with Gasteiger partial charge in [-0.25, -0.2) is 0 Å². The van der Waals surface area contributed by atoms with Crippen LogP contribution < -0.4 is 0 Å². The van der Waals surface area contributed by atoms with Gasteiger partial charge in [-0.2, -0.15) is 0 Å². The summed E-state index contributed by atoms with van der Waals surface area (Å²) in [5.74, 6) is 0.397. The fourth-order valence-electron chi connectivity index (χ4n) is 3.47. The van der Waals surface area contributed by atoms with Gasteiger partial charge < -0.3 is 5.11 Å². The number of likely N-dealkylation sites (tertiary alicyclic amines) is 2. The van der Waals surface area contributed by atoms with E-state index in [0.717, 1.165) is 35.7 Å². The summed E-state index contributed by atoms with van der Waals surface area (Å²) in [5.41, 5.74) is 1.03. The Labute approximate surface area is 129 Å². The van der Waals surface area contributed by atoms with E-state index >= 15 is 0 Å². The first-order valence-corrected chi connectivity index (χ1v) is 8.46. The number of para-hydroxylation sites is 1. The SMILES string of the molecule is Oc1c(Br)cccc1CN1CCC(N2CCCCC2)C1. The summed E-state index contributed by atoms with van der Waals surface area (Å²) in [6, 6.07) is 6.63. The van der Waals surface area contributed by atoms with Crippen molar-refractivity contribution in [2.75, 3.05) is 26.2 Å². The number of hydrogen-bond acceptors (Lipinski definition) is 3. The Morgan fingerprint density at radius 2 is 1.95 bits per heavy atom. The molecule has 2 heterocycles. The Hall–Kier alpha value is -0.580. The van der Waals surface area contributed by atoms with Crippen molar-refractivity contribution in [1.82, 2.24) is 9.80 Å². The third kappa shape index (κ3) is 3.18. The zero-order valence-electron chi connectivity index (χ0n) is 11.9. The van der Waals surface area contributed by atoms with Crippen LogP contribution in [-0.4, -0.2) is 47.1 Å². The van der Waals surface area contributed by atoms with Crippen LogP contribution in [0.5, 0.6) is 5.75 Å². The number of aromatic hydroxyl groups is 1. The molecule has 110 valence electrons. The van der Waals surface area contributed by atoms with Gasteiger partial charge in [0.15, 0.2) is 0 Å². The van der Waals surface area contributed by atoms with Crippen molar-refractivity contribution in [1.29, 1.82) is 0 Å². The van der Waals surface area contributed by atoms with Gasteiger partial charge in [-0.05, 0) is 54.3 Å². The van der Waals surface area contributed by atoms with Crippen molar-refractivity contribution in [2.24, 2.45) is 0 Å². The van der Waals surface area contributed by atoms with Crippen molar-refractivity contribution in [3.8, 4) is 5.75 Å². The fourth-order valence-corrected chi connectivity index (χ4v) is 3.87. The highest BCUT2D eigenvalue weighted by Gasteiger charge is 2.28. The van der Waals surface area contributed by atoms with E-state index in [2.05, 4.69) is 25.7 Å². The minimum Gasteiger partial charge on any atom is -0.506 e. The normalized spacial score (nSPS) is 25.1. The van der Waals surface area contributed by atoms with E-state index in [1.165, 1.54) is 38.8 Å². The molecule has 20 heavy (non-hydrogen) atoms. The number of rotatable bonds is 3. The quantitative estimate of drug-likeness (QED) is 0.916. The lowest BCUT2D eigenvalue weighted by Crippen LogP contribution is -2.40. The summed E-state index contributed by atoms with van der Waals surface area (Å²) in [6.07, 6.45) is 5.40. The smallest absolute Gasteiger partial charge is 0.134 e. The minimum absolute atomic E-state index is 0.397. The molecule has 4 heteroatoms. The third-order valence-corrected chi connectivity index (χ3v) is 5.26. The minimum atomic E-state index is 0.397. The van der Waals surface area contributed by atoms with Crippen LogP contribution in [-0.2, 0) is 6.54 Å². The van der Waals surface area contributed by atoms with Gasteiger partial charge >= 0.3 is 0 Å². The number of piperidine rings is 1. The molecule has 1 atom stereocenters. The largest absolute Gasteiger partial charge is 0.506 e. The standard InChI is InChI=1S/C16H23BrN2O/c17-15-6-4-5-13(16(15)20)11-18-10-7-14(12-18)19-8-2-1-3-9-19/h4-6,14,20H,1-3,7-12H2. The summed E-state index contributed by atoms with van der Waals surface area (Å²) < 4.78 is 0.793. The molecule has 1 aromatic carbocycles. The molecular formula is C16H23BrN2O. The van der Waals surface area contributed by atoms with Crippen LogP contribution >= 0.6 is 15.9 Å². The number of hydrogen-bond donors (Lipinski definition) is 1. The van der Waals surface area contributed by atoms with Crippen molar-refractivity contribution in [3.05, 3.63) is 28.2 Å². The topological polar surface area (TPSA) is 26.7 Å². The summed E-state index contributed by atoms with van der Waals surface area (Å²) in [5, 5.41) is 10.1. The first-order chi connectivity index (χ1) is 9.74. The first-order valence-electron chi connectivity index (χ1n) is 7.67. The predicted octanol–water partition coefficient (Wildman–Crippen LogP) is 3.21. The van der Waals surface area contributed by atoms with Crippen molar-refractivity contribution in [3.63, 3.8) is 0 Å². The van der Waals surface area contributed by atoms with Crippen LogP contribution in [0, 0.1) is 0 Å². The van der Waals surface area contributed by atoms with E-state index in [0.29, 0.717) is 5.75 Å². The molecule has 1 aromatic rings. The Morgan fingerprint density at radius 1 is 1.15 bits per heavy atom. The van der Waals surface area contributed by atoms with Gasteiger partial charge in [-0.15, -0.1) is 0 Å². The highest BCUT2D eigenvalue weighted by Crippen LogP contribution is 2.29. The molecule has 1 N–H and O–H groups in total. The summed E-state index contributed by atoms with van der Waals surface area (Å²) in [7, 11) is 0. The lowest BCUT2D eigenvalue weighted by Gasteiger charge is -2.32. The van der Waals surface area contributed by atoms with Crippen molar-refractivity contribution >= 4 is 15.9 Å². The second-order valence-electron chi connectivity index (χ2n) is 6.02. The van der Waals surface area contributed by atoms with Crippen LogP contribution in [0.3, 0.4) is 0 Å². The van der Waals surface area contributed by atoms with E-state index in [1.54, 1.807) is 0 Å². The Kier molecular flexibility index (Phi) is 4.64. The molecule has 0 radical (unpaired) electrons. The second kappa shape index (κ2) is 6.46. The molecule has 2 fully saturated rings. The van der Waals surface area contributed by atoms with E-state index < -0.39 is 0 Å². The molecule has 3 nitrogen and oxygen atoms in total. The van der Waals surface area contributed by atoms with Crippen LogP contribution in [0.2, 0.25) is 0 Å². The summed E-state index contributed by atoms with van der Waals surface area (Å²) in [6.45, 7) is 5.70. The number of phenolic OH excluding ortho intramolecular Hbond substituents is 1. The molecule has 2 aliphatic rings. The lowest BCUT2D eigenvalue weighted by molar-refractivity contribution is 0.161. The molecule has 0 amide bonds. The highest BCUT2D eigenvalue weighted by molar-refractivity contribution is 9.10. The van der Waals surface area contributed by atoms with Gasteiger partial charge in [0.2, 0.25) is 0 Å². The third-order valence-electron chi connectivity index (χ3n) is 4.62. The lowest BCUT2D eigenvalue weighted by atomic mass is 10.1. The molecule has 0 aliphatic carbocycles. The predicted molar refractivity (Wildman–Crippen MR) is 84.9 cm³/mol. The van der Waals surface area contributed by atoms with Gasteiger partial charge in [-0.1, -0.05) is 18.6 Å². The van der Waals surface area contributed by atoms with Gasteiger partial charge in [-0.3, -0.25) is 9.80 Å². The number of halogens is 1. The molecule has 0 spiro atoms. The molecule has 1 unspecified atom stereocenters. The molecule has 3 rings (SSSR count). The van der Waals surface area contributed by atoms with E-state index in [9.17, 15) is 5.11 Å². The van der Waals surface area contributed by atoms with E-state index in [-0.39, 0.29) is 0 Å². The van der Waals surface area contributed by atoms with Crippen molar-refractivity contribution in [2.45, 2.75) is 38.3 Å². The molecule has 2 aliphatic heterocycles. The summed E-state index contributed by atoms with van der Waals surface area (Å²) >= 11 is 3.39. The molecular weight excluding hydrogens is 316 g/mol. The van der Waals surface area contributed by atoms with Gasteiger partial charge in [0.1, 0.15) is 5.75 Å². The molecule has 0 saturated carbocycles. The number of nitrogens with zero attached hydrogens (tertiary/aromatic N) is 2. The molecule has 0 bridgehead atoms. The summed E-state index contributed by atoms with van der Waals surface area (Å²) in [4.78, 5) is 5.14. The van der Waals surface area contributed by atoms with Crippen LogP contribution in [0.4, 0.5) is 0 Å². The number of phenols is 1.